The predicted molar refractivity (Wildman–Crippen MR) is 86.4 cm³/mol. The van der Waals surface area contributed by atoms with Crippen molar-refractivity contribution < 1.29 is 0 Å². The van der Waals surface area contributed by atoms with E-state index in [0.29, 0.717) is 6.04 Å². The average molecular weight is 324 g/mol. The second kappa shape index (κ2) is 7.44. The van der Waals surface area contributed by atoms with Gasteiger partial charge in [-0.05, 0) is 55.3 Å². The minimum Gasteiger partial charge on any atom is -0.314 e. The van der Waals surface area contributed by atoms with Crippen LogP contribution in [0.4, 0.5) is 0 Å². The highest BCUT2D eigenvalue weighted by Gasteiger charge is 2.26. The molecule has 1 saturated carbocycles. The van der Waals surface area contributed by atoms with E-state index in [9.17, 15) is 0 Å². The Balaban J connectivity index is 2.02. The van der Waals surface area contributed by atoms with Gasteiger partial charge in [0.2, 0.25) is 0 Å². The van der Waals surface area contributed by atoms with Gasteiger partial charge in [0.1, 0.15) is 0 Å². The Kier molecular flexibility index (Phi) is 5.90. The molecule has 1 fully saturated rings. The van der Waals surface area contributed by atoms with Gasteiger partial charge in [-0.15, -0.1) is 0 Å². The highest BCUT2D eigenvalue weighted by molar-refractivity contribution is 9.10. The highest BCUT2D eigenvalue weighted by Crippen LogP contribution is 2.32. The zero-order valence-electron chi connectivity index (χ0n) is 12.2. The van der Waals surface area contributed by atoms with Crippen LogP contribution in [0, 0.1) is 11.8 Å². The molecular formula is C17H26BrN. The summed E-state index contributed by atoms with van der Waals surface area (Å²) in [6, 6.07) is 9.40. The molecule has 1 N–H and O–H groups in total. The van der Waals surface area contributed by atoms with Gasteiger partial charge >= 0.3 is 0 Å². The Bertz CT molecular complexity index is 391. The topological polar surface area (TPSA) is 12.0 Å². The fraction of sp³-hybridized carbons (Fsp3) is 0.647. The molecular weight excluding hydrogens is 298 g/mol. The van der Waals surface area contributed by atoms with Crippen molar-refractivity contribution in [2.24, 2.45) is 11.8 Å². The van der Waals surface area contributed by atoms with Gasteiger partial charge in [0.05, 0.1) is 0 Å². The molecule has 3 atom stereocenters. The largest absolute Gasteiger partial charge is 0.314 e. The number of rotatable bonds is 5. The number of benzene rings is 1. The van der Waals surface area contributed by atoms with E-state index in [1.54, 1.807) is 0 Å². The lowest BCUT2D eigenvalue weighted by molar-refractivity contribution is 0.222. The first-order valence-electron chi connectivity index (χ1n) is 7.67. The standard InChI is InChI=1S/C17H26BrN/c1-3-19-17(15-8-4-6-13(2)10-15)12-14-7-5-9-16(18)11-14/h5,7,9,11,13,15,17,19H,3-4,6,8,10,12H2,1-2H3. The first-order chi connectivity index (χ1) is 9.19. The van der Waals surface area contributed by atoms with Crippen LogP contribution >= 0.6 is 15.9 Å². The fourth-order valence-electron chi connectivity index (χ4n) is 3.43. The monoisotopic (exact) mass is 323 g/mol. The molecule has 1 nitrogen and oxygen atoms in total. The smallest absolute Gasteiger partial charge is 0.0178 e. The van der Waals surface area contributed by atoms with Crippen LogP contribution in [0.15, 0.2) is 28.7 Å². The van der Waals surface area contributed by atoms with Gasteiger partial charge in [-0.3, -0.25) is 0 Å². The molecule has 0 saturated heterocycles. The fourth-order valence-corrected chi connectivity index (χ4v) is 3.88. The Morgan fingerprint density at radius 1 is 1.37 bits per heavy atom. The van der Waals surface area contributed by atoms with Crippen LogP contribution in [-0.4, -0.2) is 12.6 Å². The van der Waals surface area contributed by atoms with Crippen LogP contribution in [-0.2, 0) is 6.42 Å². The van der Waals surface area contributed by atoms with Crippen LogP contribution in [0.3, 0.4) is 0 Å². The zero-order chi connectivity index (χ0) is 13.7. The molecule has 0 spiro atoms. The molecule has 0 radical (unpaired) electrons. The lowest BCUT2D eigenvalue weighted by Crippen LogP contribution is -2.40. The molecule has 0 heterocycles. The summed E-state index contributed by atoms with van der Waals surface area (Å²) in [5.74, 6) is 1.75. The van der Waals surface area contributed by atoms with Gasteiger partial charge < -0.3 is 5.32 Å². The molecule has 0 amide bonds. The molecule has 2 heteroatoms. The van der Waals surface area contributed by atoms with E-state index in [4.69, 9.17) is 0 Å². The SMILES string of the molecule is CCNC(Cc1cccc(Br)c1)C1CCCC(C)C1. The summed E-state index contributed by atoms with van der Waals surface area (Å²) in [5, 5.41) is 3.73. The van der Waals surface area contributed by atoms with Crippen molar-refractivity contribution >= 4 is 15.9 Å². The quantitative estimate of drug-likeness (QED) is 0.821. The van der Waals surface area contributed by atoms with Crippen LogP contribution in [0.2, 0.25) is 0 Å². The Morgan fingerprint density at radius 3 is 2.89 bits per heavy atom. The van der Waals surface area contributed by atoms with Gasteiger partial charge in [-0.1, -0.05) is 54.8 Å². The average Bonchev–Trinajstić information content (AvgIpc) is 2.38. The highest BCUT2D eigenvalue weighted by atomic mass is 79.9. The van der Waals surface area contributed by atoms with Crippen LogP contribution in [0.5, 0.6) is 0 Å². The summed E-state index contributed by atoms with van der Waals surface area (Å²) < 4.78 is 1.19. The van der Waals surface area contributed by atoms with Crippen LogP contribution < -0.4 is 5.32 Å². The van der Waals surface area contributed by atoms with Crippen molar-refractivity contribution in [1.29, 1.82) is 0 Å². The lowest BCUT2D eigenvalue weighted by atomic mass is 9.77. The molecule has 0 aromatic heterocycles. The van der Waals surface area contributed by atoms with Crippen molar-refractivity contribution in [2.45, 2.75) is 52.0 Å². The molecule has 1 aliphatic rings. The maximum absolute atomic E-state index is 3.73. The molecule has 1 aliphatic carbocycles. The van der Waals surface area contributed by atoms with Crippen molar-refractivity contribution in [3.8, 4) is 0 Å². The second-order valence-electron chi connectivity index (χ2n) is 6.03. The maximum Gasteiger partial charge on any atom is 0.0178 e. The minimum atomic E-state index is 0.641. The summed E-state index contributed by atoms with van der Waals surface area (Å²) in [4.78, 5) is 0. The van der Waals surface area contributed by atoms with Gasteiger partial charge in [-0.25, -0.2) is 0 Å². The molecule has 1 aromatic rings. The van der Waals surface area contributed by atoms with E-state index < -0.39 is 0 Å². The van der Waals surface area contributed by atoms with E-state index in [-0.39, 0.29) is 0 Å². The third-order valence-corrected chi connectivity index (χ3v) is 4.85. The molecule has 3 unspecified atom stereocenters. The molecule has 1 aromatic carbocycles. The Labute approximate surface area is 126 Å². The lowest BCUT2D eigenvalue weighted by Gasteiger charge is -2.34. The van der Waals surface area contributed by atoms with Gasteiger partial charge in [0.25, 0.3) is 0 Å². The number of halogens is 1. The van der Waals surface area contributed by atoms with Crippen LogP contribution in [0.25, 0.3) is 0 Å². The van der Waals surface area contributed by atoms with E-state index in [1.165, 1.54) is 35.7 Å². The van der Waals surface area contributed by atoms with Gasteiger partial charge in [0.15, 0.2) is 0 Å². The van der Waals surface area contributed by atoms with Crippen molar-refractivity contribution in [1.82, 2.24) is 5.32 Å². The number of hydrogen-bond donors (Lipinski definition) is 1. The number of likely N-dealkylation sites (N-methyl/N-ethyl adjacent to an activating group) is 1. The molecule has 0 bridgehead atoms. The summed E-state index contributed by atoms with van der Waals surface area (Å²) >= 11 is 3.58. The van der Waals surface area contributed by atoms with Crippen molar-refractivity contribution in [3.63, 3.8) is 0 Å². The first kappa shape index (κ1) is 15.1. The minimum absolute atomic E-state index is 0.641. The van der Waals surface area contributed by atoms with Gasteiger partial charge in [-0.2, -0.15) is 0 Å². The normalized spacial score (nSPS) is 25.2. The van der Waals surface area contributed by atoms with Crippen molar-refractivity contribution in [3.05, 3.63) is 34.3 Å². The second-order valence-corrected chi connectivity index (χ2v) is 6.95. The van der Waals surface area contributed by atoms with Crippen molar-refractivity contribution in [2.75, 3.05) is 6.54 Å². The molecule has 2 rings (SSSR count). The van der Waals surface area contributed by atoms with Crippen LogP contribution in [0.1, 0.15) is 45.1 Å². The number of hydrogen-bond acceptors (Lipinski definition) is 1. The Hall–Kier alpha value is -0.340. The Morgan fingerprint density at radius 2 is 2.21 bits per heavy atom. The first-order valence-corrected chi connectivity index (χ1v) is 8.46. The third-order valence-electron chi connectivity index (χ3n) is 4.36. The maximum atomic E-state index is 3.73. The summed E-state index contributed by atoms with van der Waals surface area (Å²) in [5.41, 5.74) is 1.44. The van der Waals surface area contributed by atoms with E-state index in [0.717, 1.165) is 24.8 Å². The zero-order valence-corrected chi connectivity index (χ0v) is 13.7. The van der Waals surface area contributed by atoms with Gasteiger partial charge in [0, 0.05) is 10.5 Å². The van der Waals surface area contributed by atoms with E-state index in [1.807, 2.05) is 0 Å². The molecule has 0 aliphatic heterocycles. The third kappa shape index (κ3) is 4.61. The molecule has 106 valence electrons. The van der Waals surface area contributed by atoms with E-state index in [2.05, 4.69) is 59.4 Å². The molecule has 19 heavy (non-hydrogen) atoms. The predicted octanol–water partition coefficient (Wildman–Crippen LogP) is 4.80. The summed E-state index contributed by atoms with van der Waals surface area (Å²) in [7, 11) is 0. The number of nitrogens with one attached hydrogen (secondary N) is 1. The summed E-state index contributed by atoms with van der Waals surface area (Å²) in [6.07, 6.45) is 6.78. The van der Waals surface area contributed by atoms with E-state index >= 15 is 0 Å². The summed E-state index contributed by atoms with van der Waals surface area (Å²) in [6.45, 7) is 5.71.